The molecule has 2 aromatic rings. The molecule has 13 heteroatoms. The molecule has 1 aromatic heterocycles. The lowest BCUT2D eigenvalue weighted by Gasteiger charge is -2.29. The Kier molecular flexibility index (Phi) is 5.41. The van der Waals surface area contributed by atoms with E-state index in [1.807, 2.05) is 0 Å². The van der Waals surface area contributed by atoms with Gasteiger partial charge in [0, 0.05) is 0 Å². The number of benzene rings is 1. The van der Waals surface area contributed by atoms with Gasteiger partial charge in [-0.15, -0.1) is 0 Å². The van der Waals surface area contributed by atoms with Crippen molar-refractivity contribution >= 4 is 39.2 Å². The molecule has 9 nitrogen and oxygen atoms in total. The minimum absolute atomic E-state index is 0.125. The summed E-state index contributed by atoms with van der Waals surface area (Å²) in [5.41, 5.74) is 0.415. The first-order chi connectivity index (χ1) is 13.5. The number of rotatable bonds is 4. The van der Waals surface area contributed by atoms with Gasteiger partial charge in [-0.25, -0.2) is 31.3 Å². The van der Waals surface area contributed by atoms with Crippen LogP contribution < -0.4 is 10.6 Å². The van der Waals surface area contributed by atoms with E-state index >= 15 is 0 Å². The lowest BCUT2D eigenvalue weighted by Crippen LogP contribution is -2.49. The Balaban J connectivity index is 1.83. The van der Waals surface area contributed by atoms with Crippen molar-refractivity contribution in [2.75, 3.05) is 11.9 Å². The lowest BCUT2D eigenvalue weighted by atomic mass is 10.2. The highest BCUT2D eigenvalue weighted by Gasteiger charge is 2.41. The molecule has 1 unspecified atom stereocenters. The zero-order chi connectivity index (χ0) is 21.5. The normalized spacial score (nSPS) is 16.0. The molecule has 0 saturated heterocycles. The van der Waals surface area contributed by atoms with Crippen molar-refractivity contribution in [3.8, 4) is 0 Å². The molecule has 0 aliphatic carbocycles. The first-order valence-electron chi connectivity index (χ1n) is 8.12. The fourth-order valence-electron chi connectivity index (χ4n) is 2.81. The van der Waals surface area contributed by atoms with Crippen molar-refractivity contribution in [1.29, 1.82) is 0 Å². The maximum atomic E-state index is 14.1. The Labute approximate surface area is 169 Å². The third-order valence-corrected chi connectivity index (χ3v) is 6.07. The zero-order valence-electron chi connectivity index (χ0n) is 15.0. The van der Waals surface area contributed by atoms with Crippen molar-refractivity contribution in [2.24, 2.45) is 0 Å². The molecular formula is C16H14ClF2N5O4S. The van der Waals surface area contributed by atoms with Gasteiger partial charge in [0.2, 0.25) is 5.91 Å². The summed E-state index contributed by atoms with van der Waals surface area (Å²) in [6.45, 7) is 2.24. The number of aromatic nitrogens is 2. The number of fused-ring (bicyclic) bond motifs is 1. The summed E-state index contributed by atoms with van der Waals surface area (Å²) in [6, 6.07) is -0.258. The predicted octanol–water partition coefficient (Wildman–Crippen LogP) is 2.13. The molecule has 29 heavy (non-hydrogen) atoms. The van der Waals surface area contributed by atoms with Gasteiger partial charge >= 0.3 is 6.03 Å². The minimum atomic E-state index is -4.79. The summed E-state index contributed by atoms with van der Waals surface area (Å²) in [5.74, 6) is -3.92. The molecule has 1 aromatic carbocycles. The minimum Gasteiger partial charge on any atom is -0.346 e. The molecule has 1 aliphatic heterocycles. The van der Waals surface area contributed by atoms with Gasteiger partial charge in [-0.3, -0.25) is 9.78 Å². The Morgan fingerprint density at radius 3 is 2.72 bits per heavy atom. The number of nitrogens with one attached hydrogen (secondary N) is 2. The van der Waals surface area contributed by atoms with E-state index in [2.05, 4.69) is 20.6 Å². The lowest BCUT2D eigenvalue weighted by molar-refractivity contribution is -0.121. The third-order valence-electron chi connectivity index (χ3n) is 4.10. The summed E-state index contributed by atoms with van der Waals surface area (Å²) in [6.07, 6.45) is 1.28. The molecule has 0 bridgehead atoms. The van der Waals surface area contributed by atoms with Gasteiger partial charge in [0.25, 0.3) is 10.0 Å². The fraction of sp³-hybridized carbons (Fsp3) is 0.250. The first-order valence-corrected chi connectivity index (χ1v) is 9.94. The molecule has 0 fully saturated rings. The van der Waals surface area contributed by atoms with E-state index in [0.717, 1.165) is 6.07 Å². The van der Waals surface area contributed by atoms with Crippen molar-refractivity contribution in [1.82, 2.24) is 19.6 Å². The highest BCUT2D eigenvalue weighted by Crippen LogP contribution is 2.33. The van der Waals surface area contributed by atoms with Gasteiger partial charge in [0.15, 0.2) is 11.6 Å². The van der Waals surface area contributed by atoms with E-state index in [0.29, 0.717) is 17.5 Å². The number of anilines is 1. The Hall–Kier alpha value is -2.86. The van der Waals surface area contributed by atoms with Crippen LogP contribution in [0.3, 0.4) is 0 Å². The largest absolute Gasteiger partial charge is 0.346 e. The molecule has 1 aliphatic rings. The topological polar surface area (TPSA) is 121 Å². The predicted molar refractivity (Wildman–Crippen MR) is 97.6 cm³/mol. The van der Waals surface area contributed by atoms with Gasteiger partial charge in [0.05, 0.1) is 29.3 Å². The molecular weight excluding hydrogens is 432 g/mol. The van der Waals surface area contributed by atoms with Crippen LogP contribution in [0.2, 0.25) is 5.15 Å². The van der Waals surface area contributed by atoms with Crippen molar-refractivity contribution in [2.45, 2.75) is 24.8 Å². The number of carbonyl (C=O) groups excluding carboxylic acids is 2. The Morgan fingerprint density at radius 2 is 2.07 bits per heavy atom. The summed E-state index contributed by atoms with van der Waals surface area (Å²) in [7, 11) is -4.79. The summed E-state index contributed by atoms with van der Waals surface area (Å²) in [4.78, 5) is 31.5. The summed E-state index contributed by atoms with van der Waals surface area (Å²) < 4.78 is 52.9. The fourth-order valence-corrected chi connectivity index (χ4v) is 4.48. The van der Waals surface area contributed by atoms with Crippen LogP contribution in [0.4, 0.5) is 19.3 Å². The number of hydrogen-bond donors (Lipinski definition) is 2. The molecule has 3 amide bonds. The molecule has 2 heterocycles. The number of urea groups is 1. The highest BCUT2D eigenvalue weighted by molar-refractivity contribution is 7.90. The van der Waals surface area contributed by atoms with Crippen LogP contribution in [-0.2, 0) is 14.8 Å². The maximum Gasteiger partial charge on any atom is 0.336 e. The summed E-state index contributed by atoms with van der Waals surface area (Å²) >= 11 is 5.73. The standard InChI is InChI=1S/C16H14ClF2N5O4S/c1-7-14(20-5-11(17)21-7)8(2)22-12(25)6-24-16(26)23-10-4-3-9(18)13(19)15(10)29(24,27)28/h3-5,8H,6H2,1-2H3,(H,22,25)(H,23,26). The smallest absolute Gasteiger partial charge is 0.336 e. The van der Waals surface area contributed by atoms with E-state index in [4.69, 9.17) is 11.6 Å². The van der Waals surface area contributed by atoms with Crippen LogP contribution in [0.1, 0.15) is 24.4 Å². The van der Waals surface area contributed by atoms with Crippen LogP contribution in [0, 0.1) is 18.6 Å². The highest BCUT2D eigenvalue weighted by atomic mass is 35.5. The number of hydrogen-bond acceptors (Lipinski definition) is 6. The molecule has 2 N–H and O–H groups in total. The monoisotopic (exact) mass is 445 g/mol. The first kappa shape index (κ1) is 20.9. The number of halogens is 3. The molecule has 154 valence electrons. The second kappa shape index (κ2) is 7.52. The van der Waals surface area contributed by atoms with Crippen LogP contribution in [0.25, 0.3) is 0 Å². The third kappa shape index (κ3) is 3.85. The van der Waals surface area contributed by atoms with Crippen LogP contribution in [0.15, 0.2) is 23.2 Å². The molecule has 0 saturated carbocycles. The second-order valence-corrected chi connectivity index (χ2v) is 8.32. The van der Waals surface area contributed by atoms with E-state index in [1.165, 1.54) is 6.20 Å². The van der Waals surface area contributed by atoms with Gasteiger partial charge in [-0.2, -0.15) is 0 Å². The molecule has 0 radical (unpaired) electrons. The van der Waals surface area contributed by atoms with Crippen LogP contribution in [-0.4, -0.2) is 41.2 Å². The number of nitrogens with zero attached hydrogens (tertiary/aromatic N) is 3. The Morgan fingerprint density at radius 1 is 1.38 bits per heavy atom. The molecule has 1 atom stereocenters. The second-order valence-electron chi connectivity index (χ2n) is 6.13. The quantitative estimate of drug-likeness (QED) is 0.743. The number of aryl methyl sites for hydroxylation is 1. The van der Waals surface area contributed by atoms with Gasteiger partial charge in [0.1, 0.15) is 16.6 Å². The van der Waals surface area contributed by atoms with Crippen LogP contribution >= 0.6 is 11.6 Å². The number of sulfonamides is 1. The van der Waals surface area contributed by atoms with Gasteiger partial charge in [-0.05, 0) is 26.0 Å². The zero-order valence-corrected chi connectivity index (χ0v) is 16.6. The Bertz CT molecular complexity index is 1130. The van der Waals surface area contributed by atoms with Gasteiger partial charge < -0.3 is 10.6 Å². The summed E-state index contributed by atoms with van der Waals surface area (Å²) in [5, 5.41) is 4.76. The van der Waals surface area contributed by atoms with Crippen molar-refractivity contribution < 1.29 is 26.8 Å². The van der Waals surface area contributed by atoms with E-state index < -0.39 is 56.8 Å². The van der Waals surface area contributed by atoms with E-state index in [1.54, 1.807) is 13.8 Å². The SMILES string of the molecule is Cc1nc(Cl)cnc1C(C)NC(=O)CN1C(=O)Nc2ccc(F)c(F)c2S1(=O)=O. The maximum absolute atomic E-state index is 14.1. The van der Waals surface area contributed by atoms with Crippen LogP contribution in [0.5, 0.6) is 0 Å². The average molecular weight is 446 g/mol. The van der Waals surface area contributed by atoms with Gasteiger partial charge in [-0.1, -0.05) is 11.6 Å². The molecule has 3 rings (SSSR count). The molecule has 0 spiro atoms. The van der Waals surface area contributed by atoms with Crippen molar-refractivity contribution in [3.63, 3.8) is 0 Å². The van der Waals surface area contributed by atoms with E-state index in [-0.39, 0.29) is 9.46 Å². The number of amides is 3. The van der Waals surface area contributed by atoms with E-state index in [9.17, 15) is 26.8 Å². The average Bonchev–Trinajstić information content (AvgIpc) is 2.61. The van der Waals surface area contributed by atoms with Crippen molar-refractivity contribution in [3.05, 3.63) is 46.5 Å². The number of carbonyl (C=O) groups is 2.